The van der Waals surface area contributed by atoms with Crippen molar-refractivity contribution in [2.45, 2.75) is 5.92 Å². The molecule has 0 bridgehead atoms. The third kappa shape index (κ3) is 3.15. The zero-order valence-electron chi connectivity index (χ0n) is 14.5. The molecule has 2 atom stereocenters. The van der Waals surface area contributed by atoms with E-state index in [1.165, 1.54) is 12.3 Å². The van der Waals surface area contributed by atoms with Crippen molar-refractivity contribution in [3.8, 4) is 0 Å². The maximum absolute atomic E-state index is 13.0. The molecular weight excluding hydrogens is 346 g/mol. The molecule has 0 saturated carbocycles. The Bertz CT molecular complexity index is 1110. The molecule has 0 radical (unpaired) electrons. The Morgan fingerprint density at radius 1 is 1.19 bits per heavy atom. The number of aromatic amines is 2. The van der Waals surface area contributed by atoms with Crippen LogP contribution in [0.1, 0.15) is 21.8 Å². The van der Waals surface area contributed by atoms with Gasteiger partial charge in [-0.1, -0.05) is 30.3 Å². The number of likely N-dealkylation sites (tertiary alicyclic amines) is 1. The molecule has 138 valence electrons. The second kappa shape index (κ2) is 6.81. The van der Waals surface area contributed by atoms with Crippen LogP contribution in [0.15, 0.2) is 52.2 Å². The van der Waals surface area contributed by atoms with Crippen LogP contribution in [-0.4, -0.2) is 45.4 Å². The maximum atomic E-state index is 13.0. The van der Waals surface area contributed by atoms with E-state index in [1.807, 2.05) is 18.2 Å². The fourth-order valence-corrected chi connectivity index (χ4v) is 3.70. The number of fused-ring (bicyclic) bond motifs is 1. The topological polar surface area (TPSA) is 125 Å². The Hall–Kier alpha value is -3.26. The first-order valence-electron chi connectivity index (χ1n) is 8.73. The molecule has 8 nitrogen and oxygen atoms in total. The predicted octanol–water partition coefficient (Wildman–Crippen LogP) is 0.426. The van der Waals surface area contributed by atoms with Crippen LogP contribution in [0.4, 0.5) is 0 Å². The number of pyridine rings is 1. The molecule has 0 aliphatic carbocycles. The number of hydrogen-bond donors (Lipinski definition) is 3. The van der Waals surface area contributed by atoms with Crippen LogP contribution in [0.5, 0.6) is 0 Å². The molecule has 4 N–H and O–H groups in total. The van der Waals surface area contributed by atoms with E-state index in [4.69, 9.17) is 5.73 Å². The number of benzene rings is 1. The van der Waals surface area contributed by atoms with Gasteiger partial charge in [0, 0.05) is 25.2 Å². The average Bonchev–Trinajstić information content (AvgIpc) is 3.12. The van der Waals surface area contributed by atoms with Crippen LogP contribution in [0, 0.1) is 5.92 Å². The number of amides is 1. The molecule has 1 aliphatic rings. The fraction of sp³-hybridized carbons (Fsp3) is 0.263. The molecule has 0 unspecified atom stereocenters. The van der Waals surface area contributed by atoms with Gasteiger partial charge in [0.2, 0.25) is 0 Å². The molecule has 8 heteroatoms. The van der Waals surface area contributed by atoms with Crippen LogP contribution in [-0.2, 0) is 0 Å². The quantitative estimate of drug-likeness (QED) is 0.621. The standard InChI is InChI=1S/C19H19N5O3/c20-7-13-9-24(10-15(13)11-4-2-1-3-5-11)18(26)12-6-14-16(21-8-12)22-19(27)23-17(14)25/h1-6,8,13,15H,7,9-10,20H2,(H2,21,22,23,25,27)/t13-,15+/m1/s1. The summed E-state index contributed by atoms with van der Waals surface area (Å²) < 4.78 is 0. The Kier molecular flexibility index (Phi) is 4.33. The highest BCUT2D eigenvalue weighted by atomic mass is 16.2. The second-order valence-corrected chi connectivity index (χ2v) is 6.75. The Labute approximate surface area is 154 Å². The summed E-state index contributed by atoms with van der Waals surface area (Å²) in [6.07, 6.45) is 1.38. The first-order chi connectivity index (χ1) is 13.1. The molecule has 1 aliphatic heterocycles. The average molecular weight is 365 g/mol. The molecule has 3 aromatic rings. The van der Waals surface area contributed by atoms with Gasteiger partial charge in [-0.05, 0) is 24.1 Å². The van der Waals surface area contributed by atoms with Gasteiger partial charge < -0.3 is 10.6 Å². The van der Waals surface area contributed by atoms with E-state index in [2.05, 4.69) is 27.1 Å². The summed E-state index contributed by atoms with van der Waals surface area (Å²) in [7, 11) is 0. The fourth-order valence-electron chi connectivity index (χ4n) is 3.70. The number of nitrogens with zero attached hydrogens (tertiary/aromatic N) is 2. The van der Waals surface area contributed by atoms with Crippen molar-refractivity contribution in [1.29, 1.82) is 0 Å². The minimum Gasteiger partial charge on any atom is -0.338 e. The van der Waals surface area contributed by atoms with E-state index < -0.39 is 11.2 Å². The van der Waals surface area contributed by atoms with E-state index in [9.17, 15) is 14.4 Å². The van der Waals surface area contributed by atoms with Crippen molar-refractivity contribution < 1.29 is 4.79 Å². The molecule has 27 heavy (non-hydrogen) atoms. The summed E-state index contributed by atoms with van der Waals surface area (Å²) >= 11 is 0. The molecule has 1 amide bonds. The monoisotopic (exact) mass is 365 g/mol. The third-order valence-corrected chi connectivity index (χ3v) is 5.10. The highest BCUT2D eigenvalue weighted by Crippen LogP contribution is 2.32. The van der Waals surface area contributed by atoms with Gasteiger partial charge >= 0.3 is 5.69 Å². The molecule has 3 heterocycles. The number of H-pyrrole nitrogens is 2. The highest BCUT2D eigenvalue weighted by molar-refractivity contribution is 5.96. The third-order valence-electron chi connectivity index (χ3n) is 5.10. The molecule has 2 aromatic heterocycles. The van der Waals surface area contributed by atoms with E-state index >= 15 is 0 Å². The van der Waals surface area contributed by atoms with Gasteiger partial charge in [0.1, 0.15) is 5.65 Å². The van der Waals surface area contributed by atoms with Crippen LogP contribution >= 0.6 is 0 Å². The molecule has 1 saturated heterocycles. The van der Waals surface area contributed by atoms with Crippen LogP contribution in [0.25, 0.3) is 11.0 Å². The van der Waals surface area contributed by atoms with Crippen LogP contribution in [0.3, 0.4) is 0 Å². The number of hydrogen-bond acceptors (Lipinski definition) is 5. The SMILES string of the molecule is NC[C@@H]1CN(C(=O)c2cnc3[nH]c(=O)[nH]c(=O)c3c2)C[C@H]1c1ccccc1. The molecule has 4 rings (SSSR count). The van der Waals surface area contributed by atoms with Crippen molar-refractivity contribution in [3.63, 3.8) is 0 Å². The first kappa shape index (κ1) is 17.2. The number of carbonyl (C=O) groups excluding carboxylic acids is 1. The van der Waals surface area contributed by atoms with Crippen molar-refractivity contribution in [1.82, 2.24) is 19.9 Å². The van der Waals surface area contributed by atoms with Crippen LogP contribution in [0.2, 0.25) is 0 Å². The zero-order valence-corrected chi connectivity index (χ0v) is 14.5. The highest BCUT2D eigenvalue weighted by Gasteiger charge is 2.35. The van der Waals surface area contributed by atoms with Gasteiger partial charge in [0.25, 0.3) is 11.5 Å². The second-order valence-electron chi connectivity index (χ2n) is 6.75. The van der Waals surface area contributed by atoms with Gasteiger partial charge in [0.15, 0.2) is 0 Å². The lowest BCUT2D eigenvalue weighted by Gasteiger charge is -2.17. The lowest BCUT2D eigenvalue weighted by Crippen LogP contribution is -2.30. The van der Waals surface area contributed by atoms with E-state index in [0.717, 1.165) is 5.56 Å². The Morgan fingerprint density at radius 3 is 2.70 bits per heavy atom. The van der Waals surface area contributed by atoms with Gasteiger partial charge in [-0.3, -0.25) is 19.6 Å². The number of carbonyl (C=O) groups is 1. The van der Waals surface area contributed by atoms with E-state index in [-0.39, 0.29) is 28.8 Å². The molecule has 1 fully saturated rings. The van der Waals surface area contributed by atoms with Crippen molar-refractivity contribution in [2.75, 3.05) is 19.6 Å². The number of aromatic nitrogens is 3. The summed E-state index contributed by atoms with van der Waals surface area (Å²) in [6, 6.07) is 11.5. The normalized spacial score (nSPS) is 19.5. The summed E-state index contributed by atoms with van der Waals surface area (Å²) in [5, 5.41) is 0.176. The summed E-state index contributed by atoms with van der Waals surface area (Å²) in [6.45, 7) is 1.60. The maximum Gasteiger partial charge on any atom is 0.327 e. The zero-order chi connectivity index (χ0) is 19.0. The van der Waals surface area contributed by atoms with Gasteiger partial charge in [0.05, 0.1) is 10.9 Å². The minimum atomic E-state index is -0.630. The summed E-state index contributed by atoms with van der Waals surface area (Å²) in [5.41, 5.74) is 6.37. The number of rotatable bonds is 3. The van der Waals surface area contributed by atoms with E-state index in [0.29, 0.717) is 25.2 Å². The summed E-state index contributed by atoms with van der Waals surface area (Å²) in [5.74, 6) is 0.143. The van der Waals surface area contributed by atoms with Crippen molar-refractivity contribution in [3.05, 3.63) is 74.6 Å². The first-order valence-corrected chi connectivity index (χ1v) is 8.73. The largest absolute Gasteiger partial charge is 0.338 e. The lowest BCUT2D eigenvalue weighted by atomic mass is 9.89. The van der Waals surface area contributed by atoms with Crippen molar-refractivity contribution >= 4 is 16.9 Å². The molecule has 0 spiro atoms. The number of nitrogens with two attached hydrogens (primary N) is 1. The van der Waals surface area contributed by atoms with Gasteiger partial charge in [-0.2, -0.15) is 0 Å². The molecular formula is C19H19N5O3. The number of nitrogens with one attached hydrogen (secondary N) is 2. The summed E-state index contributed by atoms with van der Waals surface area (Å²) in [4.78, 5) is 46.7. The Balaban J connectivity index is 1.64. The smallest absolute Gasteiger partial charge is 0.327 e. The lowest BCUT2D eigenvalue weighted by molar-refractivity contribution is 0.0786. The van der Waals surface area contributed by atoms with Crippen molar-refractivity contribution in [2.24, 2.45) is 11.7 Å². The van der Waals surface area contributed by atoms with Gasteiger partial charge in [-0.25, -0.2) is 9.78 Å². The molecule has 1 aromatic carbocycles. The Morgan fingerprint density at radius 2 is 1.96 bits per heavy atom. The predicted molar refractivity (Wildman–Crippen MR) is 101 cm³/mol. The van der Waals surface area contributed by atoms with Gasteiger partial charge in [-0.15, -0.1) is 0 Å². The van der Waals surface area contributed by atoms with E-state index in [1.54, 1.807) is 4.90 Å². The minimum absolute atomic E-state index is 0.156. The van der Waals surface area contributed by atoms with Crippen LogP contribution < -0.4 is 17.0 Å².